The predicted octanol–water partition coefficient (Wildman–Crippen LogP) is 4.30. The van der Waals surface area contributed by atoms with Crippen molar-refractivity contribution in [1.29, 1.82) is 0 Å². The molecule has 0 saturated heterocycles. The lowest BCUT2D eigenvalue weighted by molar-refractivity contribution is 0.0694. The Morgan fingerprint density at radius 2 is 2.16 bits per heavy atom. The molecular weight excluding hydrogens is 334 g/mol. The molecule has 2 rings (SSSR count). The van der Waals surface area contributed by atoms with Gasteiger partial charge in [-0.05, 0) is 46.6 Å². The lowest BCUT2D eigenvalue weighted by atomic mass is 10.2. The van der Waals surface area contributed by atoms with Gasteiger partial charge in [-0.1, -0.05) is 11.6 Å². The predicted molar refractivity (Wildman–Crippen MR) is 75.2 cm³/mol. The molecule has 0 aliphatic carbocycles. The second kappa shape index (κ2) is 5.59. The fourth-order valence-corrected chi connectivity index (χ4v) is 1.83. The maximum atomic E-state index is 11.1. The molecule has 2 aromatic rings. The maximum Gasteiger partial charge on any atom is 0.339 e. The van der Waals surface area contributed by atoms with Crippen LogP contribution in [0.3, 0.4) is 0 Å². The van der Waals surface area contributed by atoms with Crippen LogP contribution in [0, 0.1) is 6.92 Å². The minimum Gasteiger partial charge on any atom is -0.478 e. The summed E-state index contributed by atoms with van der Waals surface area (Å²) in [5.41, 5.74) is 0.936. The van der Waals surface area contributed by atoms with Gasteiger partial charge in [0.25, 0.3) is 0 Å². The molecule has 0 bridgehead atoms. The molecule has 1 aromatic heterocycles. The molecule has 0 aliphatic heterocycles. The van der Waals surface area contributed by atoms with Gasteiger partial charge in [-0.15, -0.1) is 0 Å². The largest absolute Gasteiger partial charge is 0.478 e. The second-order valence-electron chi connectivity index (χ2n) is 3.82. The van der Waals surface area contributed by atoms with Crippen molar-refractivity contribution in [2.45, 2.75) is 6.92 Å². The Hall–Kier alpha value is -1.59. The van der Waals surface area contributed by atoms with Crippen LogP contribution in [-0.2, 0) is 0 Å². The quantitative estimate of drug-likeness (QED) is 0.903. The number of hydrogen-bond donors (Lipinski definition) is 1. The molecule has 0 aliphatic rings. The summed E-state index contributed by atoms with van der Waals surface area (Å²) in [5, 5.41) is 9.44. The number of rotatable bonds is 3. The average Bonchev–Trinajstić information content (AvgIpc) is 2.36. The Morgan fingerprint density at radius 1 is 1.42 bits per heavy atom. The van der Waals surface area contributed by atoms with Crippen molar-refractivity contribution in [3.63, 3.8) is 0 Å². The number of halogens is 2. The minimum absolute atomic E-state index is 0.00475. The zero-order valence-corrected chi connectivity index (χ0v) is 12.2. The number of pyridine rings is 1. The van der Waals surface area contributed by atoms with Crippen molar-refractivity contribution in [2.24, 2.45) is 0 Å². The van der Waals surface area contributed by atoms with Crippen molar-refractivity contribution >= 4 is 33.5 Å². The Balaban J connectivity index is 2.37. The highest BCUT2D eigenvalue weighted by molar-refractivity contribution is 9.10. The standard InChI is InChI=1S/C13H9BrClNO3/c1-7-4-12(16-6-10(7)14)19-11-3-2-8(15)5-9(11)13(17)18/h2-6H,1H3,(H,17,18). The highest BCUT2D eigenvalue weighted by atomic mass is 79.9. The monoisotopic (exact) mass is 341 g/mol. The van der Waals surface area contributed by atoms with Gasteiger partial charge in [0.15, 0.2) is 0 Å². The van der Waals surface area contributed by atoms with Crippen LogP contribution in [0.2, 0.25) is 5.02 Å². The molecule has 0 unspecified atom stereocenters. The molecule has 1 N–H and O–H groups in total. The van der Waals surface area contributed by atoms with E-state index >= 15 is 0 Å². The first kappa shape index (κ1) is 13.8. The number of nitrogens with zero attached hydrogens (tertiary/aromatic N) is 1. The smallest absolute Gasteiger partial charge is 0.339 e. The number of aryl methyl sites for hydroxylation is 1. The average molecular weight is 343 g/mol. The number of carboxylic acids is 1. The van der Waals surface area contributed by atoms with E-state index in [4.69, 9.17) is 21.4 Å². The molecule has 0 fully saturated rings. The van der Waals surface area contributed by atoms with E-state index in [0.29, 0.717) is 10.9 Å². The van der Waals surface area contributed by atoms with E-state index in [2.05, 4.69) is 20.9 Å². The van der Waals surface area contributed by atoms with Gasteiger partial charge in [-0.2, -0.15) is 0 Å². The summed E-state index contributed by atoms with van der Waals surface area (Å²) in [6.07, 6.45) is 1.60. The van der Waals surface area contributed by atoms with Gasteiger partial charge < -0.3 is 9.84 Å². The number of benzene rings is 1. The van der Waals surface area contributed by atoms with E-state index in [9.17, 15) is 4.79 Å². The lowest BCUT2D eigenvalue weighted by Crippen LogP contribution is -2.00. The summed E-state index contributed by atoms with van der Waals surface area (Å²) < 4.78 is 6.35. The molecule has 0 spiro atoms. The summed E-state index contributed by atoms with van der Waals surface area (Å²) in [6, 6.07) is 6.12. The van der Waals surface area contributed by atoms with Gasteiger partial charge in [0.1, 0.15) is 11.3 Å². The van der Waals surface area contributed by atoms with Crippen LogP contribution in [0.15, 0.2) is 34.9 Å². The third-order valence-corrected chi connectivity index (χ3v) is 3.47. The Kier molecular flexibility index (Phi) is 4.07. The molecule has 1 heterocycles. The van der Waals surface area contributed by atoms with Gasteiger partial charge in [-0.3, -0.25) is 0 Å². The van der Waals surface area contributed by atoms with Crippen LogP contribution in [0.25, 0.3) is 0 Å². The van der Waals surface area contributed by atoms with Crippen LogP contribution >= 0.6 is 27.5 Å². The Morgan fingerprint density at radius 3 is 2.79 bits per heavy atom. The van der Waals surface area contributed by atoms with Crippen molar-refractivity contribution in [1.82, 2.24) is 4.98 Å². The molecule has 0 atom stereocenters. The van der Waals surface area contributed by atoms with Crippen molar-refractivity contribution < 1.29 is 14.6 Å². The normalized spacial score (nSPS) is 10.3. The fourth-order valence-electron chi connectivity index (χ4n) is 1.44. The van der Waals surface area contributed by atoms with Gasteiger partial charge in [0.2, 0.25) is 5.88 Å². The molecule has 6 heteroatoms. The number of ether oxygens (including phenoxy) is 1. The Labute approximate surface area is 123 Å². The van der Waals surface area contributed by atoms with Gasteiger partial charge in [-0.25, -0.2) is 9.78 Å². The first-order chi connectivity index (χ1) is 8.97. The van der Waals surface area contributed by atoms with E-state index in [1.165, 1.54) is 12.1 Å². The highest BCUT2D eigenvalue weighted by Crippen LogP contribution is 2.28. The third kappa shape index (κ3) is 3.24. The zero-order chi connectivity index (χ0) is 14.0. The summed E-state index contributed by atoms with van der Waals surface area (Å²) >= 11 is 9.10. The number of aromatic carboxylic acids is 1. The number of carbonyl (C=O) groups is 1. The van der Waals surface area contributed by atoms with Crippen LogP contribution in [-0.4, -0.2) is 16.1 Å². The molecule has 1 aromatic carbocycles. The van der Waals surface area contributed by atoms with Crippen molar-refractivity contribution in [3.8, 4) is 11.6 Å². The summed E-state index contributed by atoms with van der Waals surface area (Å²) in [4.78, 5) is 15.2. The van der Waals surface area contributed by atoms with E-state index in [-0.39, 0.29) is 11.3 Å². The SMILES string of the molecule is Cc1cc(Oc2ccc(Cl)cc2C(=O)O)ncc1Br. The number of carboxylic acid groups (broad SMARTS) is 1. The molecule has 0 amide bonds. The topological polar surface area (TPSA) is 59.4 Å². The second-order valence-corrected chi connectivity index (χ2v) is 5.11. The molecule has 0 saturated carbocycles. The van der Waals surface area contributed by atoms with Crippen LogP contribution in [0.1, 0.15) is 15.9 Å². The lowest BCUT2D eigenvalue weighted by Gasteiger charge is -2.09. The molecule has 98 valence electrons. The summed E-state index contributed by atoms with van der Waals surface area (Å²) in [7, 11) is 0. The van der Waals surface area contributed by atoms with Crippen LogP contribution < -0.4 is 4.74 Å². The zero-order valence-electron chi connectivity index (χ0n) is 9.85. The van der Waals surface area contributed by atoms with Crippen LogP contribution in [0.4, 0.5) is 0 Å². The van der Waals surface area contributed by atoms with Gasteiger partial charge in [0.05, 0.1) is 0 Å². The van der Waals surface area contributed by atoms with E-state index < -0.39 is 5.97 Å². The van der Waals surface area contributed by atoms with E-state index in [0.717, 1.165) is 10.0 Å². The van der Waals surface area contributed by atoms with Gasteiger partial charge >= 0.3 is 5.97 Å². The maximum absolute atomic E-state index is 11.1. The fraction of sp³-hybridized carbons (Fsp3) is 0.0769. The Bertz CT molecular complexity index is 646. The van der Waals surface area contributed by atoms with E-state index in [1.807, 2.05) is 6.92 Å². The summed E-state index contributed by atoms with van der Waals surface area (Å²) in [6.45, 7) is 1.89. The molecule has 0 radical (unpaired) electrons. The van der Waals surface area contributed by atoms with Crippen LogP contribution in [0.5, 0.6) is 11.6 Å². The van der Waals surface area contributed by atoms with Crippen molar-refractivity contribution in [2.75, 3.05) is 0 Å². The van der Waals surface area contributed by atoms with E-state index in [1.54, 1.807) is 18.3 Å². The third-order valence-electron chi connectivity index (χ3n) is 2.41. The van der Waals surface area contributed by atoms with Gasteiger partial charge in [0, 0.05) is 21.8 Å². The highest BCUT2D eigenvalue weighted by Gasteiger charge is 2.13. The molecule has 19 heavy (non-hydrogen) atoms. The molecular formula is C13H9BrClNO3. The first-order valence-corrected chi connectivity index (χ1v) is 6.47. The summed E-state index contributed by atoms with van der Waals surface area (Å²) in [5.74, 6) is -0.581. The number of hydrogen-bond acceptors (Lipinski definition) is 3. The molecule has 4 nitrogen and oxygen atoms in total. The minimum atomic E-state index is -1.11. The van der Waals surface area contributed by atoms with Crippen molar-refractivity contribution in [3.05, 3.63) is 51.1 Å². The number of aromatic nitrogens is 1. The first-order valence-electron chi connectivity index (χ1n) is 5.30.